The normalized spacial score (nSPS) is 16.6. The van der Waals surface area contributed by atoms with Crippen LogP contribution in [0.4, 0.5) is 5.69 Å². The Balaban J connectivity index is 1.77. The van der Waals surface area contributed by atoms with Gasteiger partial charge in [0.2, 0.25) is 0 Å². The quantitative estimate of drug-likeness (QED) is 0.807. The van der Waals surface area contributed by atoms with Gasteiger partial charge < -0.3 is 4.90 Å². The van der Waals surface area contributed by atoms with Gasteiger partial charge in [0.25, 0.3) is 10.0 Å². The van der Waals surface area contributed by atoms with E-state index in [2.05, 4.69) is 37.8 Å². The fraction of sp³-hybridized carbons (Fsp3) is 0.412. The Morgan fingerprint density at radius 3 is 2.08 bits per heavy atom. The highest BCUT2D eigenvalue weighted by molar-refractivity contribution is 7.91. The van der Waals surface area contributed by atoms with E-state index in [1.54, 1.807) is 16.4 Å². The summed E-state index contributed by atoms with van der Waals surface area (Å²) in [7, 11) is -3.43. The molecule has 1 fully saturated rings. The average Bonchev–Trinajstić information content (AvgIpc) is 2.94. The minimum atomic E-state index is -3.43. The van der Waals surface area contributed by atoms with Crippen LogP contribution in [0.15, 0.2) is 28.5 Å². The van der Waals surface area contributed by atoms with E-state index < -0.39 is 10.0 Å². The van der Waals surface area contributed by atoms with Crippen LogP contribution in [-0.4, -0.2) is 38.9 Å². The summed E-state index contributed by atoms with van der Waals surface area (Å²) in [6, 6.07) is 7.58. The number of hydrogen-bond donors (Lipinski definition) is 0. The lowest BCUT2D eigenvalue weighted by Gasteiger charge is -2.36. The van der Waals surface area contributed by atoms with Gasteiger partial charge in [-0.3, -0.25) is 0 Å². The molecule has 1 aliphatic heterocycles. The van der Waals surface area contributed by atoms with Crippen molar-refractivity contribution >= 4 is 38.6 Å². The molecule has 130 valence electrons. The van der Waals surface area contributed by atoms with Crippen LogP contribution >= 0.6 is 22.9 Å². The number of halogens is 1. The third-order valence-electron chi connectivity index (χ3n) is 4.33. The Kier molecular flexibility index (Phi) is 4.93. The average molecular weight is 385 g/mol. The van der Waals surface area contributed by atoms with Crippen molar-refractivity contribution in [2.45, 2.75) is 25.0 Å². The summed E-state index contributed by atoms with van der Waals surface area (Å²) in [5.74, 6) is 0. The molecule has 0 unspecified atom stereocenters. The zero-order valence-corrected chi connectivity index (χ0v) is 16.4. The van der Waals surface area contributed by atoms with Gasteiger partial charge >= 0.3 is 0 Å². The Hall–Kier alpha value is -1.08. The lowest BCUT2D eigenvalue weighted by Crippen LogP contribution is -2.48. The molecule has 7 heteroatoms. The van der Waals surface area contributed by atoms with Gasteiger partial charge in [-0.25, -0.2) is 8.42 Å². The summed E-state index contributed by atoms with van der Waals surface area (Å²) in [5.41, 5.74) is 4.98. The molecule has 1 aromatic carbocycles. The molecule has 0 bridgehead atoms. The maximum Gasteiger partial charge on any atom is 0.252 e. The van der Waals surface area contributed by atoms with Gasteiger partial charge in [0.05, 0.1) is 4.34 Å². The van der Waals surface area contributed by atoms with Crippen LogP contribution < -0.4 is 4.90 Å². The number of sulfonamides is 1. The van der Waals surface area contributed by atoms with Crippen molar-refractivity contribution in [1.82, 2.24) is 4.31 Å². The van der Waals surface area contributed by atoms with Crippen LogP contribution in [0, 0.1) is 20.8 Å². The standard InChI is InChI=1S/C17H21ClN2O2S2/c1-12-10-13(2)17(14(3)11-12)19-6-8-20(9-7-19)24(21,22)16-5-4-15(18)23-16/h4-5,10-11H,6-9H2,1-3H3. The van der Waals surface area contributed by atoms with Crippen molar-refractivity contribution in [2.75, 3.05) is 31.1 Å². The van der Waals surface area contributed by atoms with Crippen LogP contribution in [0.1, 0.15) is 16.7 Å². The van der Waals surface area contributed by atoms with Crippen molar-refractivity contribution in [3.63, 3.8) is 0 Å². The van der Waals surface area contributed by atoms with Crippen LogP contribution in [-0.2, 0) is 10.0 Å². The summed E-state index contributed by atoms with van der Waals surface area (Å²) < 4.78 is 27.7. The van der Waals surface area contributed by atoms with Crippen molar-refractivity contribution in [2.24, 2.45) is 0 Å². The van der Waals surface area contributed by atoms with Gasteiger partial charge in [-0.1, -0.05) is 29.3 Å². The highest BCUT2D eigenvalue weighted by Crippen LogP contribution is 2.31. The van der Waals surface area contributed by atoms with Crippen LogP contribution in [0.25, 0.3) is 0 Å². The zero-order chi connectivity index (χ0) is 17.5. The molecule has 0 amide bonds. The summed E-state index contributed by atoms with van der Waals surface area (Å²) in [6.07, 6.45) is 0. The monoisotopic (exact) mass is 384 g/mol. The molecule has 1 aromatic heterocycles. The number of anilines is 1. The number of aryl methyl sites for hydroxylation is 3. The number of benzene rings is 1. The number of nitrogens with zero attached hydrogens (tertiary/aromatic N) is 2. The molecule has 0 atom stereocenters. The van der Waals surface area contributed by atoms with Crippen LogP contribution in [0.2, 0.25) is 4.34 Å². The van der Waals surface area contributed by atoms with Gasteiger partial charge in [0, 0.05) is 31.9 Å². The predicted octanol–water partition coefficient (Wildman–Crippen LogP) is 3.84. The second-order valence-corrected chi connectivity index (χ2v) is 10.1. The zero-order valence-electron chi connectivity index (χ0n) is 14.0. The van der Waals surface area contributed by atoms with E-state index in [1.807, 2.05) is 0 Å². The second-order valence-electron chi connectivity index (χ2n) is 6.20. The molecule has 3 rings (SSSR count). The Morgan fingerprint density at radius 1 is 1.00 bits per heavy atom. The van der Waals surface area contributed by atoms with E-state index >= 15 is 0 Å². The molecule has 1 saturated heterocycles. The topological polar surface area (TPSA) is 40.6 Å². The summed E-state index contributed by atoms with van der Waals surface area (Å²) in [5, 5.41) is 0. The number of thiophene rings is 1. The first kappa shape index (κ1) is 17.7. The lowest BCUT2D eigenvalue weighted by molar-refractivity contribution is 0.385. The molecule has 1 aliphatic rings. The van der Waals surface area contributed by atoms with Gasteiger partial charge in [0.1, 0.15) is 4.21 Å². The predicted molar refractivity (Wildman–Crippen MR) is 101 cm³/mol. The molecule has 0 radical (unpaired) electrons. The first-order valence-electron chi connectivity index (χ1n) is 7.87. The van der Waals surface area contributed by atoms with E-state index in [4.69, 9.17) is 11.6 Å². The SMILES string of the molecule is Cc1cc(C)c(N2CCN(S(=O)(=O)c3ccc(Cl)s3)CC2)c(C)c1. The number of piperazine rings is 1. The maximum absolute atomic E-state index is 12.7. The molecule has 24 heavy (non-hydrogen) atoms. The van der Waals surface area contributed by atoms with E-state index in [0.717, 1.165) is 11.3 Å². The smallest absolute Gasteiger partial charge is 0.252 e. The molecular weight excluding hydrogens is 364 g/mol. The first-order valence-corrected chi connectivity index (χ1v) is 10.5. The van der Waals surface area contributed by atoms with Crippen LogP contribution in [0.5, 0.6) is 0 Å². The van der Waals surface area contributed by atoms with Gasteiger partial charge in [-0.2, -0.15) is 4.31 Å². The van der Waals surface area contributed by atoms with Crippen molar-refractivity contribution in [3.8, 4) is 0 Å². The van der Waals surface area contributed by atoms with E-state index in [1.165, 1.54) is 22.4 Å². The first-order chi connectivity index (χ1) is 11.3. The molecule has 0 spiro atoms. The minimum absolute atomic E-state index is 0.323. The Bertz CT molecular complexity index is 830. The van der Waals surface area contributed by atoms with Gasteiger partial charge in [-0.15, -0.1) is 11.3 Å². The largest absolute Gasteiger partial charge is 0.368 e. The van der Waals surface area contributed by atoms with Gasteiger partial charge in [0.15, 0.2) is 0 Å². The molecule has 0 saturated carbocycles. The van der Waals surface area contributed by atoms with E-state index in [0.29, 0.717) is 34.7 Å². The van der Waals surface area contributed by atoms with Crippen molar-refractivity contribution in [3.05, 3.63) is 45.3 Å². The highest BCUT2D eigenvalue weighted by atomic mass is 35.5. The number of hydrogen-bond acceptors (Lipinski definition) is 4. The molecule has 2 heterocycles. The fourth-order valence-corrected chi connectivity index (χ4v) is 6.45. The molecule has 4 nitrogen and oxygen atoms in total. The minimum Gasteiger partial charge on any atom is -0.368 e. The molecule has 0 N–H and O–H groups in total. The number of rotatable bonds is 3. The Labute approximate surface area is 152 Å². The second kappa shape index (κ2) is 6.67. The summed E-state index contributed by atoms with van der Waals surface area (Å²) in [6.45, 7) is 8.71. The molecule has 0 aliphatic carbocycles. The van der Waals surface area contributed by atoms with Crippen molar-refractivity contribution < 1.29 is 8.42 Å². The summed E-state index contributed by atoms with van der Waals surface area (Å²) in [4.78, 5) is 2.29. The summed E-state index contributed by atoms with van der Waals surface area (Å²) >= 11 is 7.00. The third-order valence-corrected chi connectivity index (χ3v) is 7.93. The maximum atomic E-state index is 12.7. The van der Waals surface area contributed by atoms with E-state index in [9.17, 15) is 8.42 Å². The lowest BCUT2D eigenvalue weighted by atomic mass is 10.0. The van der Waals surface area contributed by atoms with Crippen LogP contribution in [0.3, 0.4) is 0 Å². The molecular formula is C17H21ClN2O2S2. The van der Waals surface area contributed by atoms with E-state index in [-0.39, 0.29) is 0 Å². The molecule has 2 aromatic rings. The highest BCUT2D eigenvalue weighted by Gasteiger charge is 2.30. The van der Waals surface area contributed by atoms with Crippen molar-refractivity contribution in [1.29, 1.82) is 0 Å². The van der Waals surface area contributed by atoms with Gasteiger partial charge in [-0.05, 0) is 44.0 Å². The fourth-order valence-electron chi connectivity index (χ4n) is 3.39. The third kappa shape index (κ3) is 3.33. The Morgan fingerprint density at radius 2 is 1.58 bits per heavy atom.